The lowest BCUT2D eigenvalue weighted by Gasteiger charge is -2.16. The maximum atomic E-state index is 12.4. The van der Waals surface area contributed by atoms with Crippen LogP contribution in [0.2, 0.25) is 5.02 Å². The second-order valence-electron chi connectivity index (χ2n) is 6.04. The first-order valence-electron chi connectivity index (χ1n) is 8.44. The molecule has 0 atom stereocenters. The molecule has 1 amide bonds. The van der Waals surface area contributed by atoms with Crippen molar-refractivity contribution in [2.45, 2.75) is 12.8 Å². The third kappa shape index (κ3) is 4.28. The van der Waals surface area contributed by atoms with Crippen molar-refractivity contribution in [1.29, 1.82) is 0 Å². The molecule has 0 N–H and O–H groups in total. The zero-order chi connectivity index (χ0) is 19.4. The van der Waals surface area contributed by atoms with Gasteiger partial charge >= 0.3 is 5.97 Å². The predicted octanol–water partition coefficient (Wildman–Crippen LogP) is 3.52. The van der Waals surface area contributed by atoms with Crippen molar-refractivity contribution < 1.29 is 23.9 Å². The molecule has 1 aliphatic heterocycles. The number of benzene rings is 2. The monoisotopic (exact) mass is 387 g/mol. The summed E-state index contributed by atoms with van der Waals surface area (Å²) in [5.41, 5.74) is 1.19. The van der Waals surface area contributed by atoms with Crippen LogP contribution in [0.3, 0.4) is 0 Å². The minimum atomic E-state index is -0.700. The number of esters is 1. The summed E-state index contributed by atoms with van der Waals surface area (Å²) in [5.74, 6) is -0.711. The van der Waals surface area contributed by atoms with E-state index in [0.717, 1.165) is 6.42 Å². The highest BCUT2D eigenvalue weighted by Gasteiger charge is 2.22. The van der Waals surface area contributed by atoms with Crippen LogP contribution in [0.4, 0.5) is 5.69 Å². The van der Waals surface area contributed by atoms with Crippen LogP contribution in [-0.4, -0.2) is 37.9 Å². The molecule has 1 heterocycles. The van der Waals surface area contributed by atoms with Crippen molar-refractivity contribution in [2.24, 2.45) is 0 Å². The van der Waals surface area contributed by atoms with Crippen LogP contribution in [-0.2, 0) is 9.53 Å². The van der Waals surface area contributed by atoms with E-state index in [2.05, 4.69) is 0 Å². The number of nitrogens with zero attached hydrogens (tertiary/aromatic N) is 1. The van der Waals surface area contributed by atoms with Crippen molar-refractivity contribution in [3.05, 3.63) is 58.6 Å². The Morgan fingerprint density at radius 2 is 2.00 bits per heavy atom. The van der Waals surface area contributed by atoms with Crippen molar-refractivity contribution in [1.82, 2.24) is 0 Å². The number of amides is 1. The number of hydrogen-bond donors (Lipinski definition) is 0. The molecule has 0 saturated carbocycles. The number of carbonyl (C=O) groups is 3. The molecule has 1 saturated heterocycles. The highest BCUT2D eigenvalue weighted by Crippen LogP contribution is 2.24. The van der Waals surface area contributed by atoms with E-state index in [9.17, 15) is 14.4 Å². The van der Waals surface area contributed by atoms with Gasteiger partial charge in [0.25, 0.3) is 0 Å². The number of carbonyl (C=O) groups excluding carboxylic acids is 3. The molecule has 0 aliphatic carbocycles. The van der Waals surface area contributed by atoms with Gasteiger partial charge in [-0.15, -0.1) is 0 Å². The van der Waals surface area contributed by atoms with Gasteiger partial charge in [-0.2, -0.15) is 0 Å². The number of ketones is 1. The summed E-state index contributed by atoms with van der Waals surface area (Å²) in [7, 11) is 1.43. The number of methoxy groups -OCH3 is 1. The highest BCUT2D eigenvalue weighted by molar-refractivity contribution is 6.31. The lowest BCUT2D eigenvalue weighted by molar-refractivity contribution is -0.117. The zero-order valence-corrected chi connectivity index (χ0v) is 15.5. The van der Waals surface area contributed by atoms with Gasteiger partial charge in [-0.05, 0) is 36.8 Å². The van der Waals surface area contributed by atoms with E-state index < -0.39 is 12.6 Å². The minimum absolute atomic E-state index is 0.0408. The van der Waals surface area contributed by atoms with Gasteiger partial charge in [0, 0.05) is 29.2 Å². The third-order valence-corrected chi connectivity index (χ3v) is 4.50. The Balaban J connectivity index is 1.68. The lowest BCUT2D eigenvalue weighted by atomic mass is 10.1. The Hall–Kier alpha value is -2.86. The summed E-state index contributed by atoms with van der Waals surface area (Å²) in [5, 5.41) is 0.358. The zero-order valence-electron chi connectivity index (χ0n) is 14.7. The molecule has 0 spiro atoms. The number of ether oxygens (including phenoxy) is 2. The Labute approximate surface area is 161 Å². The smallest absolute Gasteiger partial charge is 0.342 e. The van der Waals surface area contributed by atoms with Gasteiger partial charge in [-0.3, -0.25) is 9.59 Å². The van der Waals surface area contributed by atoms with Crippen LogP contribution in [0.5, 0.6) is 5.75 Å². The number of hydrogen-bond acceptors (Lipinski definition) is 5. The molecule has 3 rings (SSSR count). The summed E-state index contributed by atoms with van der Waals surface area (Å²) in [6.45, 7) is 0.214. The molecule has 0 bridgehead atoms. The fourth-order valence-corrected chi connectivity index (χ4v) is 3.07. The van der Waals surface area contributed by atoms with Crippen LogP contribution in [0, 0.1) is 0 Å². The average molecular weight is 388 g/mol. The number of Topliss-reactive ketones (excluding diaryl/α,β-unsaturated/α-hetero) is 1. The summed E-state index contributed by atoms with van der Waals surface area (Å²) in [6, 6.07) is 11.3. The first-order valence-corrected chi connectivity index (χ1v) is 8.81. The van der Waals surface area contributed by atoms with E-state index in [0.29, 0.717) is 35.0 Å². The third-order valence-electron chi connectivity index (χ3n) is 4.27. The highest BCUT2D eigenvalue weighted by atomic mass is 35.5. The van der Waals surface area contributed by atoms with E-state index in [4.69, 9.17) is 21.1 Å². The van der Waals surface area contributed by atoms with Crippen LogP contribution >= 0.6 is 11.6 Å². The van der Waals surface area contributed by atoms with E-state index in [1.54, 1.807) is 41.3 Å². The van der Waals surface area contributed by atoms with Crippen LogP contribution in [0.25, 0.3) is 0 Å². The van der Waals surface area contributed by atoms with Gasteiger partial charge in [-0.1, -0.05) is 23.7 Å². The standard InChI is InChI=1S/C20H18ClNO5/c1-26-18-8-7-14(21)11-16(18)20(25)27-12-17(23)13-4-2-5-15(10-13)22-9-3-6-19(22)24/h2,4-5,7-8,10-11H,3,6,9,12H2,1H3. The van der Waals surface area contributed by atoms with Gasteiger partial charge in [0.2, 0.25) is 5.91 Å². The van der Waals surface area contributed by atoms with E-state index in [-0.39, 0.29) is 17.3 Å². The first kappa shape index (κ1) is 18.9. The molecule has 2 aromatic rings. The summed E-state index contributed by atoms with van der Waals surface area (Å²) in [4.78, 5) is 38.2. The van der Waals surface area contributed by atoms with E-state index in [1.165, 1.54) is 13.2 Å². The van der Waals surface area contributed by atoms with Gasteiger partial charge in [0.15, 0.2) is 12.4 Å². The van der Waals surface area contributed by atoms with Gasteiger partial charge < -0.3 is 14.4 Å². The van der Waals surface area contributed by atoms with Crippen molar-refractivity contribution in [2.75, 3.05) is 25.2 Å². The fraction of sp³-hybridized carbons (Fsp3) is 0.250. The molecule has 1 aliphatic rings. The number of halogens is 1. The molecule has 1 fully saturated rings. The molecular formula is C20H18ClNO5. The number of rotatable bonds is 6. The summed E-state index contributed by atoms with van der Waals surface area (Å²) < 4.78 is 10.2. The van der Waals surface area contributed by atoms with E-state index in [1.807, 2.05) is 0 Å². The van der Waals surface area contributed by atoms with Crippen molar-refractivity contribution in [3.8, 4) is 5.75 Å². The van der Waals surface area contributed by atoms with Gasteiger partial charge in [0.1, 0.15) is 11.3 Å². The normalized spacial score (nSPS) is 13.6. The quantitative estimate of drug-likeness (QED) is 0.560. The SMILES string of the molecule is COc1ccc(Cl)cc1C(=O)OCC(=O)c1cccc(N2CCCC2=O)c1. The van der Waals surface area contributed by atoms with Crippen LogP contribution in [0.15, 0.2) is 42.5 Å². The van der Waals surface area contributed by atoms with E-state index >= 15 is 0 Å². The molecule has 6 nitrogen and oxygen atoms in total. The molecule has 0 aromatic heterocycles. The van der Waals surface area contributed by atoms with Gasteiger partial charge in [0.05, 0.1) is 7.11 Å². The molecule has 0 radical (unpaired) electrons. The fourth-order valence-electron chi connectivity index (χ4n) is 2.90. The second-order valence-corrected chi connectivity index (χ2v) is 6.48. The average Bonchev–Trinajstić information content (AvgIpc) is 3.11. The maximum absolute atomic E-state index is 12.4. The Morgan fingerprint density at radius 3 is 2.70 bits per heavy atom. The summed E-state index contributed by atoms with van der Waals surface area (Å²) in [6.07, 6.45) is 1.31. The molecule has 7 heteroatoms. The largest absolute Gasteiger partial charge is 0.496 e. The summed E-state index contributed by atoms with van der Waals surface area (Å²) >= 11 is 5.91. The molecule has 2 aromatic carbocycles. The molecular weight excluding hydrogens is 370 g/mol. The molecule has 140 valence electrons. The maximum Gasteiger partial charge on any atom is 0.342 e. The van der Waals surface area contributed by atoms with Crippen LogP contribution < -0.4 is 9.64 Å². The molecule has 0 unspecified atom stereocenters. The Kier molecular flexibility index (Phi) is 5.76. The Bertz CT molecular complexity index is 896. The lowest BCUT2D eigenvalue weighted by Crippen LogP contribution is -2.24. The Morgan fingerprint density at radius 1 is 1.19 bits per heavy atom. The van der Waals surface area contributed by atoms with Crippen molar-refractivity contribution in [3.63, 3.8) is 0 Å². The second kappa shape index (κ2) is 8.22. The molecule has 27 heavy (non-hydrogen) atoms. The first-order chi connectivity index (χ1) is 13.0. The van der Waals surface area contributed by atoms with Crippen LogP contribution in [0.1, 0.15) is 33.6 Å². The predicted molar refractivity (Wildman–Crippen MR) is 101 cm³/mol. The number of anilines is 1. The van der Waals surface area contributed by atoms with Crippen molar-refractivity contribution >= 4 is 34.9 Å². The topological polar surface area (TPSA) is 72.9 Å². The van der Waals surface area contributed by atoms with Gasteiger partial charge in [-0.25, -0.2) is 4.79 Å². The minimum Gasteiger partial charge on any atom is -0.496 e.